The van der Waals surface area contributed by atoms with Gasteiger partial charge in [0.05, 0.1) is 17.8 Å². The zero-order valence-electron chi connectivity index (χ0n) is 22.2. The topological polar surface area (TPSA) is 86.1 Å². The number of nitrogens with zero attached hydrogens (tertiary/aromatic N) is 3. The molecule has 0 spiro atoms. The summed E-state index contributed by atoms with van der Waals surface area (Å²) in [7, 11) is 0. The number of benzene rings is 2. The second kappa shape index (κ2) is 13.4. The summed E-state index contributed by atoms with van der Waals surface area (Å²) < 4.78 is 45.5. The van der Waals surface area contributed by atoms with Gasteiger partial charge in [-0.2, -0.15) is 13.2 Å². The molecule has 1 aromatic heterocycles. The molecule has 1 fully saturated rings. The number of aromatic nitrogens is 1. The number of carboxylic acid groups (broad SMARTS) is 1. The summed E-state index contributed by atoms with van der Waals surface area (Å²) in [4.78, 5) is 18.6. The van der Waals surface area contributed by atoms with Crippen LogP contribution in [0.2, 0.25) is 0 Å². The fourth-order valence-corrected chi connectivity index (χ4v) is 4.63. The number of pyridine rings is 1. The molecule has 0 radical (unpaired) electrons. The molecule has 10 heteroatoms. The molecular weight excluding hydrogens is 511 g/mol. The lowest BCUT2D eigenvalue weighted by molar-refractivity contribution is -0.137. The minimum atomic E-state index is -4.37. The first-order valence-corrected chi connectivity index (χ1v) is 12.7. The number of hydrogen-bond donors (Lipinski definition) is 2. The number of aromatic carboxylic acids is 1. The maximum Gasteiger partial charge on any atom is 0.416 e. The van der Waals surface area contributed by atoms with Crippen LogP contribution >= 0.6 is 0 Å². The molecule has 1 aliphatic rings. The third kappa shape index (κ3) is 8.97. The van der Waals surface area contributed by atoms with Crippen LogP contribution in [0.25, 0.3) is 0 Å². The number of carboxylic acids is 1. The van der Waals surface area contributed by atoms with Crippen LogP contribution in [0.15, 0.2) is 73.1 Å². The van der Waals surface area contributed by atoms with E-state index in [0.717, 1.165) is 31.4 Å². The molecule has 39 heavy (non-hydrogen) atoms. The summed E-state index contributed by atoms with van der Waals surface area (Å²) in [5.41, 5.74) is 0.650. The van der Waals surface area contributed by atoms with E-state index in [1.165, 1.54) is 24.3 Å². The van der Waals surface area contributed by atoms with Crippen LogP contribution in [0.4, 0.5) is 24.5 Å². The molecule has 2 N–H and O–H groups in total. The highest BCUT2D eigenvalue weighted by molar-refractivity contribution is 5.90. The van der Waals surface area contributed by atoms with Crippen molar-refractivity contribution in [3.05, 3.63) is 84.2 Å². The number of phenols is 1. The van der Waals surface area contributed by atoms with E-state index in [1.54, 1.807) is 30.6 Å². The van der Waals surface area contributed by atoms with Crippen molar-refractivity contribution in [2.24, 2.45) is 5.92 Å². The lowest BCUT2D eigenvalue weighted by atomic mass is 10.1. The molecule has 1 aliphatic heterocycles. The number of ether oxygens (including phenoxy) is 1. The zero-order chi connectivity index (χ0) is 28.6. The van der Waals surface area contributed by atoms with E-state index in [-0.39, 0.29) is 29.4 Å². The van der Waals surface area contributed by atoms with Gasteiger partial charge in [-0.05, 0) is 62.2 Å². The third-order valence-corrected chi connectivity index (χ3v) is 6.15. The molecule has 0 aliphatic carbocycles. The second-order valence-electron chi connectivity index (χ2n) is 9.77. The van der Waals surface area contributed by atoms with Crippen molar-refractivity contribution in [1.82, 2.24) is 9.88 Å². The molecule has 1 saturated heterocycles. The van der Waals surface area contributed by atoms with Gasteiger partial charge >= 0.3 is 12.1 Å². The normalized spacial score (nSPS) is 18.5. The summed E-state index contributed by atoms with van der Waals surface area (Å²) in [5, 5.41) is 17.3. The smallest absolute Gasteiger partial charge is 0.416 e. The highest BCUT2D eigenvalue weighted by atomic mass is 19.4. The first kappa shape index (κ1) is 29.9. The van der Waals surface area contributed by atoms with Crippen molar-refractivity contribution in [3.63, 3.8) is 0 Å². The van der Waals surface area contributed by atoms with Crippen LogP contribution in [0.3, 0.4) is 0 Å². The fraction of sp³-hybridized carbons (Fsp3) is 0.379. The Balaban J connectivity index is 0.000000353. The summed E-state index contributed by atoms with van der Waals surface area (Å²) in [6.07, 6.45) is -0.680. The van der Waals surface area contributed by atoms with Gasteiger partial charge in [-0.3, -0.25) is 9.88 Å². The highest BCUT2D eigenvalue weighted by Crippen LogP contribution is 2.34. The van der Waals surface area contributed by atoms with Crippen molar-refractivity contribution < 1.29 is 32.9 Å². The Bertz CT molecular complexity index is 1200. The van der Waals surface area contributed by atoms with E-state index < -0.39 is 17.7 Å². The van der Waals surface area contributed by atoms with Gasteiger partial charge in [-0.25, -0.2) is 4.79 Å². The van der Waals surface area contributed by atoms with E-state index in [1.807, 2.05) is 17.0 Å². The summed E-state index contributed by atoms with van der Waals surface area (Å²) >= 11 is 0. The first-order valence-electron chi connectivity index (χ1n) is 12.7. The zero-order valence-corrected chi connectivity index (χ0v) is 22.2. The maximum atomic E-state index is 13.2. The van der Waals surface area contributed by atoms with Gasteiger partial charge in [0.1, 0.15) is 11.3 Å². The van der Waals surface area contributed by atoms with Gasteiger partial charge in [0.15, 0.2) is 0 Å². The number of carbonyl (C=O) groups is 1. The third-order valence-electron chi connectivity index (χ3n) is 6.15. The highest BCUT2D eigenvalue weighted by Gasteiger charge is 2.31. The van der Waals surface area contributed by atoms with Crippen LogP contribution in [0, 0.1) is 5.92 Å². The monoisotopic (exact) mass is 545 g/mol. The molecule has 3 atom stereocenters. The molecule has 3 unspecified atom stereocenters. The van der Waals surface area contributed by atoms with Crippen LogP contribution in [0.1, 0.15) is 36.7 Å². The lowest BCUT2D eigenvalue weighted by Crippen LogP contribution is -2.47. The fourth-order valence-electron chi connectivity index (χ4n) is 4.63. The Labute approximate surface area is 226 Å². The number of hydrogen-bond acceptors (Lipinski definition) is 6. The predicted octanol–water partition coefficient (Wildman–Crippen LogP) is 6.07. The van der Waals surface area contributed by atoms with Crippen LogP contribution in [-0.2, 0) is 10.9 Å². The molecule has 2 heterocycles. The molecule has 0 amide bonds. The first-order chi connectivity index (χ1) is 18.4. The Morgan fingerprint density at radius 1 is 1.05 bits per heavy atom. The largest absolute Gasteiger partial charge is 0.507 e. The number of halogens is 3. The number of aromatic hydroxyl groups is 1. The van der Waals surface area contributed by atoms with Gasteiger partial charge in [-0.15, -0.1) is 0 Å². The Kier molecular flexibility index (Phi) is 10.3. The standard InChI is InChI=1S/C22H28F3N3O.C7H6O3/c1-16(12-27-14-17(2)29-18(3)15-27)13-28(20-7-9-26-10-8-20)21-6-4-5-19(11-21)22(23,24)25;8-6-4-2-1-3-5(6)7(9)10/h4-11,16-18H,12-15H2,1-3H3;1-4,8H,(H,9,10). The van der Waals surface area contributed by atoms with Gasteiger partial charge in [-0.1, -0.05) is 25.1 Å². The van der Waals surface area contributed by atoms with Crippen molar-refractivity contribution in [1.29, 1.82) is 0 Å². The molecule has 2 aromatic carbocycles. The van der Waals surface area contributed by atoms with E-state index in [2.05, 4.69) is 30.7 Å². The lowest BCUT2D eigenvalue weighted by Gasteiger charge is -2.37. The molecular formula is C29H34F3N3O4. The minimum Gasteiger partial charge on any atom is -0.507 e. The Morgan fingerprint density at radius 3 is 2.26 bits per heavy atom. The van der Waals surface area contributed by atoms with E-state index >= 15 is 0 Å². The van der Waals surface area contributed by atoms with Gasteiger partial charge < -0.3 is 19.8 Å². The summed E-state index contributed by atoms with van der Waals surface area (Å²) in [6, 6.07) is 15.0. The van der Waals surface area contributed by atoms with Gasteiger partial charge in [0.2, 0.25) is 0 Å². The Hall–Kier alpha value is -3.63. The molecule has 0 bridgehead atoms. The van der Waals surface area contributed by atoms with Crippen molar-refractivity contribution >= 4 is 17.3 Å². The number of para-hydroxylation sites is 1. The summed E-state index contributed by atoms with van der Waals surface area (Å²) in [6.45, 7) is 9.47. The van der Waals surface area contributed by atoms with E-state index in [9.17, 15) is 18.0 Å². The molecule has 4 rings (SSSR count). The number of anilines is 2. The average molecular weight is 546 g/mol. The van der Waals surface area contributed by atoms with Gasteiger partial charge in [0.25, 0.3) is 0 Å². The SMILES string of the molecule is CC(CN1CC(C)OC(C)C1)CN(c1ccncc1)c1cccc(C(F)(F)F)c1.O=C(O)c1ccccc1O. The second-order valence-corrected chi connectivity index (χ2v) is 9.77. The molecule has 7 nitrogen and oxygen atoms in total. The molecule has 0 saturated carbocycles. The number of rotatable bonds is 7. The van der Waals surface area contributed by atoms with Crippen molar-refractivity contribution in [2.45, 2.75) is 39.2 Å². The van der Waals surface area contributed by atoms with Crippen LogP contribution in [0.5, 0.6) is 5.75 Å². The quantitative estimate of drug-likeness (QED) is 0.373. The molecule has 210 valence electrons. The van der Waals surface area contributed by atoms with E-state index in [0.29, 0.717) is 12.2 Å². The van der Waals surface area contributed by atoms with Crippen molar-refractivity contribution in [3.8, 4) is 5.75 Å². The van der Waals surface area contributed by atoms with Crippen LogP contribution in [-0.4, -0.2) is 64.5 Å². The van der Waals surface area contributed by atoms with Crippen molar-refractivity contribution in [2.75, 3.05) is 31.1 Å². The van der Waals surface area contributed by atoms with Gasteiger partial charge in [0, 0.05) is 49.9 Å². The summed E-state index contributed by atoms with van der Waals surface area (Å²) in [5.74, 6) is -1.07. The maximum absolute atomic E-state index is 13.2. The van der Waals surface area contributed by atoms with Crippen LogP contribution < -0.4 is 4.90 Å². The number of alkyl halides is 3. The van der Waals surface area contributed by atoms with E-state index in [4.69, 9.17) is 14.9 Å². The predicted molar refractivity (Wildman–Crippen MR) is 143 cm³/mol. The number of morpholine rings is 1. The minimum absolute atomic E-state index is 0.0671. The average Bonchev–Trinajstić information content (AvgIpc) is 2.87. The Morgan fingerprint density at radius 2 is 1.69 bits per heavy atom. The molecule has 3 aromatic rings.